The maximum atomic E-state index is 13.9. The Morgan fingerprint density at radius 3 is 2.39 bits per heavy atom. The van der Waals surface area contributed by atoms with E-state index in [4.69, 9.17) is 11.6 Å². The standard InChI is InChI=1S/C19H15ClF4N2O2/c20-14-3-1-10(2-4-14)17(26-18(28)12-7-16(27)25-9-12)11-5-13(19(22,23)24)8-15(21)6-11/h1-6,8,12,17H,7,9H2,(H,25,27)(H,26,28)/t12-,17?/m0/s1. The molecule has 4 nitrogen and oxygen atoms in total. The number of amides is 2. The van der Waals surface area contributed by atoms with Gasteiger partial charge in [0.15, 0.2) is 0 Å². The van der Waals surface area contributed by atoms with Crippen LogP contribution in [0.3, 0.4) is 0 Å². The number of carbonyl (C=O) groups excluding carboxylic acids is 2. The van der Waals surface area contributed by atoms with Crippen LogP contribution >= 0.6 is 11.6 Å². The van der Waals surface area contributed by atoms with Crippen LogP contribution in [0.1, 0.15) is 29.2 Å². The maximum Gasteiger partial charge on any atom is 0.416 e. The van der Waals surface area contributed by atoms with Gasteiger partial charge in [0.25, 0.3) is 0 Å². The maximum absolute atomic E-state index is 13.9. The van der Waals surface area contributed by atoms with Crippen molar-refractivity contribution in [1.82, 2.24) is 10.6 Å². The van der Waals surface area contributed by atoms with Gasteiger partial charge in [-0.05, 0) is 41.5 Å². The molecule has 148 valence electrons. The topological polar surface area (TPSA) is 58.2 Å². The van der Waals surface area contributed by atoms with E-state index < -0.39 is 35.4 Å². The molecule has 2 N–H and O–H groups in total. The van der Waals surface area contributed by atoms with Gasteiger partial charge in [-0.2, -0.15) is 13.2 Å². The van der Waals surface area contributed by atoms with Gasteiger partial charge in [0.05, 0.1) is 17.5 Å². The molecule has 28 heavy (non-hydrogen) atoms. The fraction of sp³-hybridized carbons (Fsp3) is 0.263. The minimum absolute atomic E-state index is 0.0177. The fourth-order valence-corrected chi connectivity index (χ4v) is 3.13. The number of rotatable bonds is 4. The molecule has 0 bridgehead atoms. The zero-order valence-corrected chi connectivity index (χ0v) is 15.1. The largest absolute Gasteiger partial charge is 0.416 e. The normalized spacial score (nSPS) is 17.9. The second-order valence-corrected chi connectivity index (χ2v) is 6.91. The van der Waals surface area contributed by atoms with Gasteiger partial charge in [-0.25, -0.2) is 4.39 Å². The van der Waals surface area contributed by atoms with Gasteiger partial charge in [-0.1, -0.05) is 23.7 Å². The molecule has 2 aromatic rings. The molecular formula is C19H15ClF4N2O2. The van der Waals surface area contributed by atoms with E-state index in [2.05, 4.69) is 10.6 Å². The van der Waals surface area contributed by atoms with Crippen molar-refractivity contribution in [3.8, 4) is 0 Å². The third kappa shape index (κ3) is 4.62. The van der Waals surface area contributed by atoms with Gasteiger partial charge in [-0.15, -0.1) is 0 Å². The van der Waals surface area contributed by atoms with E-state index in [0.29, 0.717) is 16.7 Å². The average Bonchev–Trinajstić information content (AvgIpc) is 3.06. The second-order valence-electron chi connectivity index (χ2n) is 6.47. The van der Waals surface area contributed by atoms with Crippen LogP contribution in [0.4, 0.5) is 17.6 Å². The Morgan fingerprint density at radius 1 is 1.14 bits per heavy atom. The van der Waals surface area contributed by atoms with Crippen molar-refractivity contribution < 1.29 is 27.2 Å². The zero-order chi connectivity index (χ0) is 20.5. The molecule has 1 saturated heterocycles. The smallest absolute Gasteiger partial charge is 0.355 e. The van der Waals surface area contributed by atoms with Crippen molar-refractivity contribution in [1.29, 1.82) is 0 Å². The summed E-state index contributed by atoms with van der Waals surface area (Å²) < 4.78 is 53.2. The van der Waals surface area contributed by atoms with Gasteiger partial charge in [-0.3, -0.25) is 9.59 Å². The minimum Gasteiger partial charge on any atom is -0.355 e. The molecule has 9 heteroatoms. The lowest BCUT2D eigenvalue weighted by Crippen LogP contribution is -2.35. The van der Waals surface area contributed by atoms with E-state index in [1.54, 1.807) is 0 Å². The Labute approximate surface area is 162 Å². The van der Waals surface area contributed by atoms with E-state index in [1.165, 1.54) is 24.3 Å². The summed E-state index contributed by atoms with van der Waals surface area (Å²) >= 11 is 5.86. The molecule has 1 aliphatic rings. The molecule has 2 aromatic carbocycles. The van der Waals surface area contributed by atoms with Crippen molar-refractivity contribution in [3.63, 3.8) is 0 Å². The van der Waals surface area contributed by atoms with Crippen LogP contribution in [-0.2, 0) is 15.8 Å². The number of halogens is 5. The van der Waals surface area contributed by atoms with Crippen LogP contribution in [0, 0.1) is 11.7 Å². The molecular weight excluding hydrogens is 400 g/mol. The number of hydrogen-bond acceptors (Lipinski definition) is 2. The second kappa shape index (κ2) is 7.79. The van der Waals surface area contributed by atoms with Crippen molar-refractivity contribution >= 4 is 23.4 Å². The van der Waals surface area contributed by atoms with Gasteiger partial charge < -0.3 is 10.6 Å². The number of hydrogen-bond donors (Lipinski definition) is 2. The Morgan fingerprint density at radius 2 is 1.82 bits per heavy atom. The highest BCUT2D eigenvalue weighted by Crippen LogP contribution is 2.33. The highest BCUT2D eigenvalue weighted by atomic mass is 35.5. The van der Waals surface area contributed by atoms with Crippen LogP contribution in [0.15, 0.2) is 42.5 Å². The molecule has 1 heterocycles. The Balaban J connectivity index is 1.99. The van der Waals surface area contributed by atoms with Crippen LogP contribution in [0.25, 0.3) is 0 Å². The van der Waals surface area contributed by atoms with E-state index in [-0.39, 0.29) is 24.4 Å². The van der Waals surface area contributed by atoms with Crippen LogP contribution in [-0.4, -0.2) is 18.4 Å². The lowest BCUT2D eigenvalue weighted by molar-refractivity contribution is -0.137. The lowest BCUT2D eigenvalue weighted by Gasteiger charge is -2.22. The molecule has 1 aliphatic heterocycles. The van der Waals surface area contributed by atoms with Crippen LogP contribution in [0.2, 0.25) is 5.02 Å². The number of carbonyl (C=O) groups is 2. The predicted molar refractivity (Wildman–Crippen MR) is 94.0 cm³/mol. The Bertz CT molecular complexity index is 900. The first-order valence-corrected chi connectivity index (χ1v) is 8.71. The van der Waals surface area contributed by atoms with Crippen molar-refractivity contribution in [3.05, 3.63) is 70.0 Å². The molecule has 0 aliphatic carbocycles. The van der Waals surface area contributed by atoms with E-state index in [9.17, 15) is 27.2 Å². The highest BCUT2D eigenvalue weighted by molar-refractivity contribution is 6.30. The molecule has 2 atom stereocenters. The van der Waals surface area contributed by atoms with Crippen molar-refractivity contribution in [2.24, 2.45) is 5.92 Å². The highest BCUT2D eigenvalue weighted by Gasteiger charge is 2.34. The van der Waals surface area contributed by atoms with Gasteiger partial charge in [0.1, 0.15) is 5.82 Å². The first-order chi connectivity index (χ1) is 13.1. The number of alkyl halides is 3. The van der Waals surface area contributed by atoms with Crippen LogP contribution in [0.5, 0.6) is 0 Å². The van der Waals surface area contributed by atoms with E-state index >= 15 is 0 Å². The summed E-state index contributed by atoms with van der Waals surface area (Å²) in [6.07, 6.45) is -4.76. The molecule has 0 saturated carbocycles. The number of nitrogens with one attached hydrogen (secondary N) is 2. The minimum atomic E-state index is -4.74. The summed E-state index contributed by atoms with van der Waals surface area (Å²) in [5.74, 6) is -2.53. The first-order valence-electron chi connectivity index (χ1n) is 8.33. The summed E-state index contributed by atoms with van der Waals surface area (Å²) in [6, 6.07) is 7.17. The summed E-state index contributed by atoms with van der Waals surface area (Å²) in [5, 5.41) is 5.55. The van der Waals surface area contributed by atoms with Crippen molar-refractivity contribution in [2.45, 2.75) is 18.6 Å². The van der Waals surface area contributed by atoms with E-state index in [1.807, 2.05) is 0 Å². The SMILES string of the molecule is O=C1C[C@H](C(=O)NC(c2ccc(Cl)cc2)c2cc(F)cc(C(F)(F)F)c2)CN1. The predicted octanol–water partition coefficient (Wildman–Crippen LogP) is 3.84. The third-order valence-corrected chi connectivity index (χ3v) is 4.67. The molecule has 0 radical (unpaired) electrons. The van der Waals surface area contributed by atoms with Crippen molar-refractivity contribution in [2.75, 3.05) is 6.54 Å². The molecule has 1 unspecified atom stereocenters. The summed E-state index contributed by atoms with van der Waals surface area (Å²) in [6.45, 7) is 0.134. The number of benzene rings is 2. The summed E-state index contributed by atoms with van der Waals surface area (Å²) in [4.78, 5) is 23.9. The average molecular weight is 415 g/mol. The molecule has 2 amide bonds. The quantitative estimate of drug-likeness (QED) is 0.747. The lowest BCUT2D eigenvalue weighted by atomic mass is 9.95. The first kappa shape index (κ1) is 20.1. The molecule has 1 fully saturated rings. The summed E-state index contributed by atoms with van der Waals surface area (Å²) in [7, 11) is 0. The van der Waals surface area contributed by atoms with Gasteiger partial charge >= 0.3 is 6.18 Å². The third-order valence-electron chi connectivity index (χ3n) is 4.42. The zero-order valence-electron chi connectivity index (χ0n) is 14.3. The molecule has 0 spiro atoms. The summed E-state index contributed by atoms with van der Waals surface area (Å²) in [5.41, 5.74) is -0.803. The molecule has 0 aromatic heterocycles. The van der Waals surface area contributed by atoms with Gasteiger partial charge in [0.2, 0.25) is 11.8 Å². The Hall–Kier alpha value is -2.61. The monoisotopic (exact) mass is 414 g/mol. The Kier molecular flexibility index (Phi) is 5.60. The van der Waals surface area contributed by atoms with Gasteiger partial charge in [0, 0.05) is 18.0 Å². The fourth-order valence-electron chi connectivity index (χ4n) is 3.01. The van der Waals surface area contributed by atoms with Crippen LogP contribution < -0.4 is 10.6 Å². The molecule has 3 rings (SSSR count). The van der Waals surface area contributed by atoms with E-state index in [0.717, 1.165) is 12.1 Å².